The predicted octanol–water partition coefficient (Wildman–Crippen LogP) is 16.4. The molecule has 0 aliphatic rings. The number of hydrogen-bond acceptors (Lipinski definition) is 8. The van der Waals surface area contributed by atoms with E-state index in [1.807, 2.05) is 0 Å². The standard InChI is InChI=1S/4C6H2Cl4S2.2Co/c4*7-1-2(8)4(10)6(12)5(11)3(1)9;;/h4*11-12H;;/q;;;;2*+2/p-8. The zero-order valence-electron chi connectivity index (χ0n) is 22.0. The second-order valence-corrected chi connectivity index (χ2v) is 17.0. The summed E-state index contributed by atoms with van der Waals surface area (Å²) in [5.74, 6) is 0. The molecule has 0 aliphatic heterocycles. The van der Waals surface area contributed by atoms with Gasteiger partial charge < -0.3 is 101 Å². The van der Waals surface area contributed by atoms with Crippen molar-refractivity contribution in [3.05, 3.63) is 80.4 Å². The molecule has 0 aromatic heterocycles. The summed E-state index contributed by atoms with van der Waals surface area (Å²) in [7, 11) is 0. The van der Waals surface area contributed by atoms with Gasteiger partial charge in [-0.2, -0.15) is 39.2 Å². The Bertz CT molecular complexity index is 1210. The van der Waals surface area contributed by atoms with E-state index in [1.165, 1.54) is 0 Å². The van der Waals surface area contributed by atoms with Crippen LogP contribution in [-0.4, -0.2) is 0 Å². The minimum atomic E-state index is 0. The molecule has 4 rings (SSSR count). The molecule has 0 aliphatic carbocycles. The van der Waals surface area contributed by atoms with Crippen molar-refractivity contribution in [1.82, 2.24) is 0 Å². The molecule has 0 N–H and O–H groups in total. The Kier molecular flexibility index (Phi) is 28.2. The van der Waals surface area contributed by atoms with Crippen LogP contribution in [0.15, 0.2) is 39.2 Å². The molecular weight excluding hydrogens is 1230 g/mol. The van der Waals surface area contributed by atoms with Crippen LogP contribution < -0.4 is 0 Å². The molecule has 0 saturated carbocycles. The van der Waals surface area contributed by atoms with Crippen LogP contribution in [0.1, 0.15) is 0 Å². The quantitative estimate of drug-likeness (QED) is 0.0958. The van der Waals surface area contributed by atoms with Gasteiger partial charge in [0.05, 0.1) is 40.2 Å². The summed E-state index contributed by atoms with van der Waals surface area (Å²) >= 11 is 130. The summed E-state index contributed by atoms with van der Waals surface area (Å²) in [6.45, 7) is 0. The molecular formula is C24Cl16Co2S8-4. The SMILES string of the molecule is [Co+2].[Co+2].[S-]c1c([S-])c(Cl)c(Cl)c(Cl)c1Cl.[S-]c1c([S-])c(Cl)c(Cl)c(Cl)c1Cl.[S-]c1c([S-])c(Cl)c(Cl)c(Cl)c1Cl.[S-]c1c([S-])c(Cl)c(Cl)c(Cl)c1Cl. The van der Waals surface area contributed by atoms with Crippen molar-refractivity contribution >= 4 is 287 Å². The van der Waals surface area contributed by atoms with Crippen molar-refractivity contribution in [3.8, 4) is 0 Å². The van der Waals surface area contributed by atoms with Gasteiger partial charge in [-0.25, -0.2) is 0 Å². The van der Waals surface area contributed by atoms with Crippen molar-refractivity contribution in [2.24, 2.45) is 0 Å². The first-order valence-corrected chi connectivity index (χ1v) is 20.0. The molecule has 50 heavy (non-hydrogen) atoms. The Hall–Kier alpha value is 4.29. The van der Waals surface area contributed by atoms with E-state index in [1.54, 1.807) is 0 Å². The van der Waals surface area contributed by atoms with Crippen LogP contribution in [0.2, 0.25) is 80.4 Å². The van der Waals surface area contributed by atoms with Gasteiger partial charge in [-0.1, -0.05) is 186 Å². The van der Waals surface area contributed by atoms with Gasteiger partial charge in [0.25, 0.3) is 0 Å². The molecule has 4 aromatic rings. The van der Waals surface area contributed by atoms with Gasteiger partial charge in [-0.05, 0) is 0 Å². The van der Waals surface area contributed by atoms with Crippen LogP contribution in [0.5, 0.6) is 0 Å². The fourth-order valence-electron chi connectivity index (χ4n) is 2.37. The number of rotatable bonds is 0. The molecule has 2 radical (unpaired) electrons. The normalized spacial score (nSPS) is 9.92. The number of hydrogen-bond donors (Lipinski definition) is 0. The Balaban J connectivity index is 0. The maximum absolute atomic E-state index is 5.71. The monoisotopic (exact) mass is 1220 g/mol. The molecule has 0 bridgehead atoms. The van der Waals surface area contributed by atoms with E-state index in [0.717, 1.165) is 0 Å². The maximum atomic E-state index is 5.71. The summed E-state index contributed by atoms with van der Waals surface area (Å²) in [5, 5.41) is 2.73. The van der Waals surface area contributed by atoms with Crippen molar-refractivity contribution in [2.45, 2.75) is 39.2 Å². The largest absolute Gasteiger partial charge is 2.00 e. The smallest absolute Gasteiger partial charge is 0.780 e. The van der Waals surface area contributed by atoms with Crippen LogP contribution in [0, 0.1) is 0 Å². The van der Waals surface area contributed by atoms with Crippen molar-refractivity contribution in [3.63, 3.8) is 0 Å². The minimum Gasteiger partial charge on any atom is -0.780 e. The number of benzene rings is 4. The molecule has 0 atom stereocenters. The van der Waals surface area contributed by atoms with E-state index in [4.69, 9.17) is 287 Å². The molecule has 0 fully saturated rings. The van der Waals surface area contributed by atoms with Crippen LogP contribution >= 0.6 is 186 Å². The molecule has 26 heteroatoms. The second kappa shape index (κ2) is 25.0. The van der Waals surface area contributed by atoms with E-state index in [9.17, 15) is 0 Å². The van der Waals surface area contributed by atoms with Crippen molar-refractivity contribution < 1.29 is 33.6 Å². The second-order valence-electron chi connectivity index (χ2n) is 7.66. The summed E-state index contributed by atoms with van der Waals surface area (Å²) in [6.07, 6.45) is 0. The van der Waals surface area contributed by atoms with Crippen molar-refractivity contribution in [2.75, 3.05) is 0 Å². The van der Waals surface area contributed by atoms with Gasteiger partial charge in [0.15, 0.2) is 0 Å². The third kappa shape index (κ3) is 13.7. The van der Waals surface area contributed by atoms with Gasteiger partial charge in [-0.15, -0.1) is 0 Å². The zero-order valence-corrected chi connectivity index (χ0v) is 42.7. The van der Waals surface area contributed by atoms with Crippen molar-refractivity contribution in [1.29, 1.82) is 0 Å². The molecule has 0 amide bonds. The van der Waals surface area contributed by atoms with Crippen LogP contribution in [0.4, 0.5) is 0 Å². The Morgan fingerprint density at radius 1 is 0.160 bits per heavy atom. The summed E-state index contributed by atoms with van der Waals surface area (Å²) < 4.78 is 0. The minimum absolute atomic E-state index is 0. The zero-order chi connectivity index (χ0) is 37.9. The summed E-state index contributed by atoms with van der Waals surface area (Å²) in [6, 6.07) is 0. The average Bonchev–Trinajstić information content (AvgIpc) is 3.08. The molecule has 4 aromatic carbocycles. The fourth-order valence-corrected chi connectivity index (χ4v) is 8.31. The van der Waals surface area contributed by atoms with E-state index in [0.29, 0.717) is 0 Å². The first-order valence-electron chi connectivity index (χ1n) is 10.7. The van der Waals surface area contributed by atoms with E-state index >= 15 is 0 Å². The molecule has 0 nitrogen and oxygen atoms in total. The number of halogens is 16. The van der Waals surface area contributed by atoms with Gasteiger partial charge in [0.1, 0.15) is 0 Å². The first kappa shape index (κ1) is 56.4. The van der Waals surface area contributed by atoms with E-state index < -0.39 is 0 Å². The average molecular weight is 1230 g/mol. The topological polar surface area (TPSA) is 0 Å². The molecule has 0 unspecified atom stereocenters. The Morgan fingerprint density at radius 2 is 0.220 bits per heavy atom. The third-order valence-electron chi connectivity index (χ3n) is 4.73. The summed E-state index contributed by atoms with van der Waals surface area (Å²) in [5.41, 5.74) is 0. The van der Waals surface area contributed by atoms with E-state index in [-0.39, 0.29) is 153 Å². The Morgan fingerprint density at radius 3 is 0.280 bits per heavy atom. The van der Waals surface area contributed by atoms with Gasteiger partial charge in [0, 0.05) is 40.2 Å². The van der Waals surface area contributed by atoms with E-state index in [2.05, 4.69) is 0 Å². The van der Waals surface area contributed by atoms with Gasteiger partial charge in [0.2, 0.25) is 0 Å². The molecule has 0 heterocycles. The van der Waals surface area contributed by atoms with Gasteiger partial charge >= 0.3 is 33.6 Å². The van der Waals surface area contributed by atoms with Crippen LogP contribution in [0.3, 0.4) is 0 Å². The molecule has 0 saturated heterocycles. The Labute approximate surface area is 432 Å². The molecule has 278 valence electrons. The fraction of sp³-hybridized carbons (Fsp3) is 0. The first-order chi connectivity index (χ1) is 21.9. The summed E-state index contributed by atoms with van der Waals surface area (Å²) in [4.78, 5) is 2.16. The van der Waals surface area contributed by atoms with Crippen LogP contribution in [-0.2, 0) is 135 Å². The maximum Gasteiger partial charge on any atom is 2.00 e. The van der Waals surface area contributed by atoms with Gasteiger partial charge in [-0.3, -0.25) is 0 Å². The predicted molar refractivity (Wildman–Crippen MR) is 231 cm³/mol. The van der Waals surface area contributed by atoms with Crippen LogP contribution in [0.25, 0.3) is 0 Å². The molecule has 0 spiro atoms. The third-order valence-corrected chi connectivity index (χ3v) is 16.6.